The maximum Gasteiger partial charge on any atom is 0.252 e. The quantitative estimate of drug-likeness (QED) is 0.696. The fourth-order valence-corrected chi connectivity index (χ4v) is 1.19. The third-order valence-electron chi connectivity index (χ3n) is 1.77. The Morgan fingerprint density at radius 2 is 2.31 bits per heavy atom. The molecule has 0 aliphatic carbocycles. The molecule has 0 atom stereocenters. The number of carbonyl (C=O) groups is 1. The number of hydrazone groups is 1. The van der Waals surface area contributed by atoms with Gasteiger partial charge in [0.1, 0.15) is 5.75 Å². The van der Waals surface area contributed by atoms with Crippen LogP contribution in [0.1, 0.15) is 6.42 Å². The van der Waals surface area contributed by atoms with Gasteiger partial charge in [0.05, 0.1) is 12.1 Å². The SMILES string of the molecule is O=C1CC=NN1c1cccc(O)c1. The molecule has 0 spiro atoms. The predicted octanol–water partition coefficient (Wildman–Crippen LogP) is 1.11. The Kier molecular flexibility index (Phi) is 1.73. The minimum Gasteiger partial charge on any atom is -0.508 e. The van der Waals surface area contributed by atoms with Crippen LogP contribution in [-0.4, -0.2) is 17.2 Å². The molecule has 0 aromatic heterocycles. The minimum atomic E-state index is -0.0781. The zero-order valence-corrected chi connectivity index (χ0v) is 6.84. The van der Waals surface area contributed by atoms with Crippen LogP contribution in [0.4, 0.5) is 5.69 Å². The van der Waals surface area contributed by atoms with Gasteiger partial charge in [-0.3, -0.25) is 4.79 Å². The van der Waals surface area contributed by atoms with Crippen molar-refractivity contribution < 1.29 is 9.90 Å². The number of amides is 1. The standard InChI is InChI=1S/C9H8N2O2/c12-8-3-1-2-7(6-8)11-9(13)4-5-10-11/h1-3,5-6,12H,4H2. The van der Waals surface area contributed by atoms with Crippen LogP contribution in [0.5, 0.6) is 5.75 Å². The molecular formula is C9H8N2O2. The van der Waals surface area contributed by atoms with Crippen molar-refractivity contribution in [3.63, 3.8) is 0 Å². The highest BCUT2D eigenvalue weighted by Crippen LogP contribution is 2.22. The van der Waals surface area contributed by atoms with Crippen LogP contribution in [0.2, 0.25) is 0 Å². The van der Waals surface area contributed by atoms with E-state index in [4.69, 9.17) is 5.11 Å². The van der Waals surface area contributed by atoms with Gasteiger partial charge in [0.25, 0.3) is 5.91 Å². The molecule has 0 bridgehead atoms. The van der Waals surface area contributed by atoms with E-state index in [-0.39, 0.29) is 11.7 Å². The highest BCUT2D eigenvalue weighted by atomic mass is 16.3. The van der Waals surface area contributed by atoms with Gasteiger partial charge in [-0.2, -0.15) is 5.10 Å². The van der Waals surface area contributed by atoms with E-state index >= 15 is 0 Å². The number of benzene rings is 1. The lowest BCUT2D eigenvalue weighted by molar-refractivity contribution is -0.116. The number of anilines is 1. The molecule has 1 heterocycles. The van der Waals surface area contributed by atoms with Crippen molar-refractivity contribution in [2.24, 2.45) is 5.10 Å². The van der Waals surface area contributed by atoms with E-state index in [1.807, 2.05) is 0 Å². The van der Waals surface area contributed by atoms with Crippen molar-refractivity contribution in [1.82, 2.24) is 0 Å². The largest absolute Gasteiger partial charge is 0.508 e. The summed E-state index contributed by atoms with van der Waals surface area (Å²) >= 11 is 0. The molecule has 1 aromatic carbocycles. The van der Waals surface area contributed by atoms with Gasteiger partial charge in [0.2, 0.25) is 0 Å². The van der Waals surface area contributed by atoms with Gasteiger partial charge in [-0.25, -0.2) is 5.01 Å². The molecule has 2 rings (SSSR count). The first-order valence-electron chi connectivity index (χ1n) is 3.92. The molecule has 66 valence electrons. The van der Waals surface area contributed by atoms with Gasteiger partial charge in [0.15, 0.2) is 0 Å². The number of aromatic hydroxyl groups is 1. The van der Waals surface area contributed by atoms with Crippen molar-refractivity contribution in [2.75, 3.05) is 5.01 Å². The van der Waals surface area contributed by atoms with Crippen LogP contribution < -0.4 is 5.01 Å². The Balaban J connectivity index is 2.35. The molecule has 13 heavy (non-hydrogen) atoms. The molecule has 1 aliphatic heterocycles. The molecule has 0 radical (unpaired) electrons. The topological polar surface area (TPSA) is 52.9 Å². The molecule has 1 N–H and O–H groups in total. The molecule has 4 nitrogen and oxygen atoms in total. The lowest BCUT2D eigenvalue weighted by Gasteiger charge is -2.11. The van der Waals surface area contributed by atoms with E-state index < -0.39 is 0 Å². The summed E-state index contributed by atoms with van der Waals surface area (Å²) < 4.78 is 0. The van der Waals surface area contributed by atoms with E-state index in [1.165, 1.54) is 11.1 Å². The van der Waals surface area contributed by atoms with Crippen LogP contribution in [0, 0.1) is 0 Å². The summed E-state index contributed by atoms with van der Waals surface area (Å²) in [5.41, 5.74) is 0.596. The second-order valence-corrected chi connectivity index (χ2v) is 2.73. The van der Waals surface area contributed by atoms with E-state index in [2.05, 4.69) is 5.10 Å². The van der Waals surface area contributed by atoms with E-state index in [0.29, 0.717) is 12.1 Å². The smallest absolute Gasteiger partial charge is 0.252 e. The molecule has 1 amide bonds. The monoisotopic (exact) mass is 176 g/mol. The van der Waals surface area contributed by atoms with Crippen molar-refractivity contribution >= 4 is 17.8 Å². The summed E-state index contributed by atoms with van der Waals surface area (Å²) in [5, 5.41) is 14.3. The highest BCUT2D eigenvalue weighted by molar-refractivity contribution is 6.05. The van der Waals surface area contributed by atoms with Crippen molar-refractivity contribution in [2.45, 2.75) is 6.42 Å². The zero-order valence-electron chi connectivity index (χ0n) is 6.84. The summed E-state index contributed by atoms with van der Waals surface area (Å²) in [4.78, 5) is 11.2. The molecule has 1 aromatic rings. The van der Waals surface area contributed by atoms with Crippen LogP contribution >= 0.6 is 0 Å². The molecular weight excluding hydrogens is 168 g/mol. The lowest BCUT2D eigenvalue weighted by Crippen LogP contribution is -2.19. The van der Waals surface area contributed by atoms with Gasteiger partial charge >= 0.3 is 0 Å². The molecule has 0 unspecified atom stereocenters. The van der Waals surface area contributed by atoms with Gasteiger partial charge in [-0.15, -0.1) is 0 Å². The van der Waals surface area contributed by atoms with Crippen molar-refractivity contribution in [3.05, 3.63) is 24.3 Å². The zero-order chi connectivity index (χ0) is 9.26. The average Bonchev–Trinajstić information content (AvgIpc) is 2.51. The van der Waals surface area contributed by atoms with Gasteiger partial charge in [0, 0.05) is 12.3 Å². The first-order valence-corrected chi connectivity index (χ1v) is 3.92. The number of phenols is 1. The molecule has 0 saturated carbocycles. The molecule has 0 fully saturated rings. The van der Waals surface area contributed by atoms with Gasteiger partial charge < -0.3 is 5.11 Å². The third kappa shape index (κ3) is 1.38. The fourth-order valence-electron chi connectivity index (χ4n) is 1.19. The van der Waals surface area contributed by atoms with Crippen molar-refractivity contribution in [1.29, 1.82) is 0 Å². The maximum atomic E-state index is 11.2. The van der Waals surface area contributed by atoms with Gasteiger partial charge in [-0.1, -0.05) is 6.07 Å². The first kappa shape index (κ1) is 7.79. The normalized spacial score (nSPS) is 15.4. The summed E-state index contributed by atoms with van der Waals surface area (Å²) in [7, 11) is 0. The third-order valence-corrected chi connectivity index (χ3v) is 1.77. The van der Waals surface area contributed by atoms with Crippen LogP contribution in [0.3, 0.4) is 0 Å². The number of rotatable bonds is 1. The Morgan fingerprint density at radius 3 is 2.92 bits per heavy atom. The Bertz CT molecular complexity index is 374. The summed E-state index contributed by atoms with van der Waals surface area (Å²) in [6, 6.07) is 6.44. The number of nitrogens with zero attached hydrogens (tertiary/aromatic N) is 2. The predicted molar refractivity (Wildman–Crippen MR) is 48.7 cm³/mol. The first-order chi connectivity index (χ1) is 6.27. The Hall–Kier alpha value is -1.84. The second-order valence-electron chi connectivity index (χ2n) is 2.73. The molecule has 4 heteroatoms. The second kappa shape index (κ2) is 2.90. The number of hydrogen-bond donors (Lipinski definition) is 1. The fraction of sp³-hybridized carbons (Fsp3) is 0.111. The Morgan fingerprint density at radius 1 is 1.46 bits per heavy atom. The molecule has 1 aliphatic rings. The van der Waals surface area contributed by atoms with Crippen molar-refractivity contribution in [3.8, 4) is 5.75 Å². The summed E-state index contributed by atoms with van der Waals surface area (Å²) in [6.45, 7) is 0. The number of hydrogen-bond acceptors (Lipinski definition) is 3. The van der Waals surface area contributed by atoms with E-state index in [0.717, 1.165) is 0 Å². The summed E-state index contributed by atoms with van der Waals surface area (Å²) in [5.74, 6) is 0.0537. The van der Waals surface area contributed by atoms with Gasteiger partial charge in [-0.05, 0) is 12.1 Å². The minimum absolute atomic E-state index is 0.0781. The lowest BCUT2D eigenvalue weighted by atomic mass is 10.3. The summed E-state index contributed by atoms with van der Waals surface area (Å²) in [6.07, 6.45) is 1.88. The maximum absolute atomic E-state index is 11.2. The number of phenolic OH excluding ortho intramolecular Hbond substituents is 1. The van der Waals surface area contributed by atoms with Crippen LogP contribution in [0.15, 0.2) is 29.4 Å². The average molecular weight is 176 g/mol. The Labute approximate surface area is 75.1 Å². The van der Waals surface area contributed by atoms with Crippen LogP contribution in [0.25, 0.3) is 0 Å². The van der Waals surface area contributed by atoms with E-state index in [9.17, 15) is 4.79 Å². The highest BCUT2D eigenvalue weighted by Gasteiger charge is 2.18. The molecule has 0 saturated heterocycles. The number of carbonyl (C=O) groups excluding carboxylic acids is 1. The van der Waals surface area contributed by atoms with Crippen LogP contribution in [-0.2, 0) is 4.79 Å². The van der Waals surface area contributed by atoms with E-state index in [1.54, 1.807) is 24.4 Å².